The maximum Gasteiger partial charge on any atom is 0.149 e. The summed E-state index contributed by atoms with van der Waals surface area (Å²) in [6, 6.07) is 4.12. The van der Waals surface area contributed by atoms with Gasteiger partial charge in [-0.1, -0.05) is 0 Å². The highest BCUT2D eigenvalue weighted by molar-refractivity contribution is 9.10. The van der Waals surface area contributed by atoms with Crippen molar-refractivity contribution in [2.45, 2.75) is 25.8 Å². The Kier molecular flexibility index (Phi) is 2.92. The van der Waals surface area contributed by atoms with E-state index in [0.717, 1.165) is 39.3 Å². The van der Waals surface area contributed by atoms with Gasteiger partial charge in [-0.2, -0.15) is 0 Å². The first-order chi connectivity index (χ1) is 8.68. The van der Waals surface area contributed by atoms with Gasteiger partial charge in [0.05, 0.1) is 17.0 Å². The van der Waals surface area contributed by atoms with Gasteiger partial charge in [0.25, 0.3) is 0 Å². The van der Waals surface area contributed by atoms with Crippen molar-refractivity contribution in [3.63, 3.8) is 0 Å². The first kappa shape index (κ1) is 11.8. The second-order valence-electron chi connectivity index (χ2n) is 4.64. The van der Waals surface area contributed by atoms with Crippen LogP contribution in [0.3, 0.4) is 0 Å². The molecule has 0 amide bonds. The van der Waals surface area contributed by atoms with Gasteiger partial charge in [-0.25, -0.2) is 0 Å². The summed E-state index contributed by atoms with van der Waals surface area (Å²) < 4.78 is 12.1. The van der Waals surface area contributed by atoms with Gasteiger partial charge in [-0.15, -0.1) is 0 Å². The number of nitrogens with two attached hydrogens (primary N) is 1. The molecule has 0 saturated carbocycles. The van der Waals surface area contributed by atoms with Crippen molar-refractivity contribution in [3.8, 4) is 0 Å². The summed E-state index contributed by atoms with van der Waals surface area (Å²) in [6.07, 6.45) is 5.25. The van der Waals surface area contributed by atoms with Crippen LogP contribution >= 0.6 is 15.9 Å². The third kappa shape index (κ3) is 1.76. The second-order valence-corrected chi connectivity index (χ2v) is 5.43. The molecule has 0 fully saturated rings. The molecule has 94 valence electrons. The fourth-order valence-electron chi connectivity index (χ4n) is 2.30. The first-order valence-corrected chi connectivity index (χ1v) is 6.78. The Labute approximate surface area is 113 Å². The largest absolute Gasteiger partial charge is 0.464 e. The molecule has 0 aliphatic heterocycles. The van der Waals surface area contributed by atoms with E-state index < -0.39 is 0 Å². The van der Waals surface area contributed by atoms with Gasteiger partial charge in [-0.05, 0) is 47.8 Å². The van der Waals surface area contributed by atoms with Gasteiger partial charge in [-0.3, -0.25) is 0 Å². The molecule has 1 atom stereocenters. The predicted molar refractivity (Wildman–Crippen MR) is 75.7 cm³/mol. The SMILES string of the molecule is CC(N)CCc1c2ccoc2c(Br)c2ccoc12. The standard InChI is InChI=1S/C14H14BrNO2/c1-8(16)2-3-9-10-4-6-18-14(10)12(15)11-5-7-17-13(9)11/h4-8H,2-3,16H2,1H3. The summed E-state index contributed by atoms with van der Waals surface area (Å²) in [5, 5.41) is 2.15. The van der Waals surface area contributed by atoms with Crippen LogP contribution in [0.4, 0.5) is 0 Å². The van der Waals surface area contributed by atoms with Crippen molar-refractivity contribution >= 4 is 37.9 Å². The van der Waals surface area contributed by atoms with Gasteiger partial charge in [0.1, 0.15) is 11.2 Å². The number of hydrogen-bond acceptors (Lipinski definition) is 3. The second kappa shape index (κ2) is 4.44. The molecule has 3 nitrogen and oxygen atoms in total. The Balaban J connectivity index is 2.26. The molecule has 1 aromatic carbocycles. The van der Waals surface area contributed by atoms with Crippen LogP contribution in [0, 0.1) is 0 Å². The summed E-state index contributed by atoms with van der Waals surface area (Å²) >= 11 is 3.58. The zero-order valence-electron chi connectivity index (χ0n) is 10.1. The molecular weight excluding hydrogens is 294 g/mol. The fraction of sp³-hybridized carbons (Fsp3) is 0.286. The van der Waals surface area contributed by atoms with Gasteiger partial charge in [0, 0.05) is 22.4 Å². The lowest BCUT2D eigenvalue weighted by molar-refractivity contribution is 0.602. The molecular formula is C14H14BrNO2. The molecule has 0 bridgehead atoms. The quantitative estimate of drug-likeness (QED) is 0.788. The monoisotopic (exact) mass is 307 g/mol. The number of benzene rings is 1. The van der Waals surface area contributed by atoms with Crippen LogP contribution in [-0.2, 0) is 6.42 Å². The number of rotatable bonds is 3. The maximum atomic E-state index is 5.85. The molecule has 1 unspecified atom stereocenters. The van der Waals surface area contributed by atoms with E-state index in [4.69, 9.17) is 14.6 Å². The molecule has 18 heavy (non-hydrogen) atoms. The molecule has 0 radical (unpaired) electrons. The average molecular weight is 308 g/mol. The Morgan fingerprint density at radius 1 is 1.17 bits per heavy atom. The van der Waals surface area contributed by atoms with E-state index >= 15 is 0 Å². The van der Waals surface area contributed by atoms with E-state index in [1.54, 1.807) is 12.5 Å². The van der Waals surface area contributed by atoms with Gasteiger partial charge < -0.3 is 14.6 Å². The van der Waals surface area contributed by atoms with E-state index in [9.17, 15) is 0 Å². The van der Waals surface area contributed by atoms with E-state index in [2.05, 4.69) is 15.9 Å². The van der Waals surface area contributed by atoms with E-state index in [-0.39, 0.29) is 6.04 Å². The summed E-state index contributed by atoms with van der Waals surface area (Å²) in [4.78, 5) is 0. The number of furan rings is 2. The highest BCUT2D eigenvalue weighted by Gasteiger charge is 2.17. The summed E-state index contributed by atoms with van der Waals surface area (Å²) in [5.41, 5.74) is 8.83. The first-order valence-electron chi connectivity index (χ1n) is 5.99. The lowest BCUT2D eigenvalue weighted by atomic mass is 10.0. The Hall–Kier alpha value is -1.26. The van der Waals surface area contributed by atoms with Crippen LogP contribution in [-0.4, -0.2) is 6.04 Å². The van der Waals surface area contributed by atoms with Crippen LogP contribution in [0.5, 0.6) is 0 Å². The number of hydrogen-bond donors (Lipinski definition) is 1. The minimum atomic E-state index is 0.181. The Morgan fingerprint density at radius 2 is 1.83 bits per heavy atom. The molecule has 0 aliphatic rings. The Bertz CT molecular complexity index is 645. The van der Waals surface area contributed by atoms with Crippen LogP contribution in [0.25, 0.3) is 21.9 Å². The Morgan fingerprint density at radius 3 is 2.56 bits per heavy atom. The average Bonchev–Trinajstić information content (AvgIpc) is 2.95. The normalized spacial score (nSPS) is 13.5. The van der Waals surface area contributed by atoms with Crippen LogP contribution < -0.4 is 5.73 Å². The summed E-state index contributed by atoms with van der Waals surface area (Å²) in [7, 11) is 0. The van der Waals surface area contributed by atoms with E-state index in [1.165, 1.54) is 5.56 Å². The highest BCUT2D eigenvalue weighted by Crippen LogP contribution is 2.38. The minimum absolute atomic E-state index is 0.181. The van der Waals surface area contributed by atoms with Crippen LogP contribution in [0.2, 0.25) is 0 Å². The lowest BCUT2D eigenvalue weighted by Gasteiger charge is -2.08. The maximum absolute atomic E-state index is 5.85. The molecule has 0 saturated heterocycles. The van der Waals surface area contributed by atoms with Crippen molar-refractivity contribution in [2.75, 3.05) is 0 Å². The number of fused-ring (bicyclic) bond motifs is 2. The molecule has 0 spiro atoms. The van der Waals surface area contributed by atoms with E-state index in [0.29, 0.717) is 0 Å². The number of halogens is 1. The third-order valence-electron chi connectivity index (χ3n) is 3.22. The molecule has 2 aromatic heterocycles. The smallest absolute Gasteiger partial charge is 0.149 e. The predicted octanol–water partition coefficient (Wildman–Crippen LogP) is 4.22. The van der Waals surface area contributed by atoms with Gasteiger partial charge >= 0.3 is 0 Å². The van der Waals surface area contributed by atoms with Crippen molar-refractivity contribution < 1.29 is 8.83 Å². The molecule has 4 heteroatoms. The van der Waals surface area contributed by atoms with E-state index in [1.807, 2.05) is 19.1 Å². The molecule has 0 aliphatic carbocycles. The third-order valence-corrected chi connectivity index (χ3v) is 4.00. The van der Waals surface area contributed by atoms with Crippen molar-refractivity contribution in [1.82, 2.24) is 0 Å². The van der Waals surface area contributed by atoms with Crippen LogP contribution in [0.15, 0.2) is 38.0 Å². The van der Waals surface area contributed by atoms with Crippen molar-refractivity contribution in [2.24, 2.45) is 5.73 Å². The number of aryl methyl sites for hydroxylation is 1. The van der Waals surface area contributed by atoms with Crippen molar-refractivity contribution in [3.05, 3.63) is 34.7 Å². The topological polar surface area (TPSA) is 52.3 Å². The summed E-state index contributed by atoms with van der Waals surface area (Å²) in [6.45, 7) is 2.02. The molecule has 3 rings (SSSR count). The van der Waals surface area contributed by atoms with Gasteiger partial charge in [0.15, 0.2) is 0 Å². The lowest BCUT2D eigenvalue weighted by Crippen LogP contribution is -2.15. The van der Waals surface area contributed by atoms with Crippen molar-refractivity contribution in [1.29, 1.82) is 0 Å². The molecule has 3 aromatic rings. The minimum Gasteiger partial charge on any atom is -0.464 e. The molecule has 2 heterocycles. The van der Waals surface area contributed by atoms with Crippen LogP contribution in [0.1, 0.15) is 18.9 Å². The van der Waals surface area contributed by atoms with Gasteiger partial charge in [0.2, 0.25) is 0 Å². The highest BCUT2D eigenvalue weighted by atomic mass is 79.9. The molecule has 2 N–H and O–H groups in total. The zero-order valence-corrected chi connectivity index (χ0v) is 11.7. The fourth-order valence-corrected chi connectivity index (χ4v) is 2.92. The summed E-state index contributed by atoms with van der Waals surface area (Å²) in [5.74, 6) is 0. The zero-order chi connectivity index (χ0) is 12.7.